The van der Waals surface area contributed by atoms with E-state index >= 15 is 0 Å². The molecule has 2 nitrogen and oxygen atoms in total. The summed E-state index contributed by atoms with van der Waals surface area (Å²) in [6, 6.07) is 0. The summed E-state index contributed by atoms with van der Waals surface area (Å²) < 4.78 is 0. The van der Waals surface area contributed by atoms with E-state index in [9.17, 15) is 0 Å². The predicted octanol–water partition coefficient (Wildman–Crippen LogP) is -8.32. The number of nitrogens with one attached hydrogen (secondary N) is 1. The minimum Gasteiger partial charge on any atom is -1.00 e. The standard InChI is InChI=1S/HNO.3Na.Rh.3H/c1-2;;;;;;;/h1H;;;;;;;/q;3*+1;;3*-1. The van der Waals surface area contributed by atoms with Crippen molar-refractivity contribution in [3.05, 3.63) is 4.91 Å². The Morgan fingerprint density at radius 1 is 1.00 bits per heavy atom. The summed E-state index contributed by atoms with van der Waals surface area (Å²) in [5.41, 5.74) is 4.50. The molecule has 0 fully saturated rings. The SMILES string of the molecule is N=O.[H-].[H-].[H-].[Na+].[Na+].[Na+].[Rh]. The van der Waals surface area contributed by atoms with Crippen molar-refractivity contribution in [3.8, 4) is 0 Å². The maximum Gasteiger partial charge on any atom is 1.00 e. The van der Waals surface area contributed by atoms with Crippen molar-refractivity contribution < 1.29 is 112 Å². The summed E-state index contributed by atoms with van der Waals surface area (Å²) >= 11 is 0. The van der Waals surface area contributed by atoms with Gasteiger partial charge in [0.1, 0.15) is 0 Å². The first kappa shape index (κ1) is 35.0. The Bertz CT molecular complexity index is 19.0. The Balaban J connectivity index is -0.000000000238. The molecule has 0 aromatic rings. The van der Waals surface area contributed by atoms with Gasteiger partial charge < -0.3 is 4.28 Å². The van der Waals surface area contributed by atoms with Crippen LogP contribution in [0.2, 0.25) is 0 Å². The van der Waals surface area contributed by atoms with Gasteiger partial charge in [0, 0.05) is 19.5 Å². The van der Waals surface area contributed by atoms with Crippen molar-refractivity contribution in [3.63, 3.8) is 0 Å². The molecule has 0 spiro atoms. The van der Waals surface area contributed by atoms with Crippen LogP contribution in [0.25, 0.3) is 0 Å². The van der Waals surface area contributed by atoms with E-state index in [4.69, 9.17) is 4.91 Å². The third-order valence-electron chi connectivity index (χ3n) is 0. The third kappa shape index (κ3) is 26.9. The quantitative estimate of drug-likeness (QED) is 0.310. The molecule has 0 heterocycles. The second-order valence-corrected chi connectivity index (χ2v) is 0. The third-order valence-corrected chi connectivity index (χ3v) is 0. The van der Waals surface area contributed by atoms with Gasteiger partial charge >= 0.3 is 88.7 Å². The minimum absolute atomic E-state index is 0. The molecule has 0 bridgehead atoms. The molecule has 0 saturated heterocycles. The average molecular weight is 206 g/mol. The van der Waals surface area contributed by atoms with Crippen LogP contribution < -0.4 is 88.7 Å². The van der Waals surface area contributed by atoms with Crippen molar-refractivity contribution in [2.75, 3.05) is 0 Å². The Morgan fingerprint density at radius 2 is 1.00 bits per heavy atom. The zero-order valence-electron chi connectivity index (χ0n) is 7.24. The van der Waals surface area contributed by atoms with Crippen LogP contribution in [0.15, 0.2) is 0 Å². The van der Waals surface area contributed by atoms with Gasteiger partial charge in [-0.3, -0.25) is 0 Å². The summed E-state index contributed by atoms with van der Waals surface area (Å²) in [6.07, 6.45) is 0. The van der Waals surface area contributed by atoms with Gasteiger partial charge in [-0.1, -0.05) is 5.59 Å². The molecule has 0 aromatic carbocycles. The summed E-state index contributed by atoms with van der Waals surface area (Å²) in [7, 11) is 0. The van der Waals surface area contributed by atoms with Crippen LogP contribution in [-0.2, 0) is 19.5 Å². The van der Waals surface area contributed by atoms with E-state index in [1.165, 1.54) is 0 Å². The molecule has 0 aromatic heterocycles. The number of nitroso groups, excluding NO2 is 1. The average Bonchev–Trinajstić information content (AvgIpc) is 1.00. The van der Waals surface area contributed by atoms with Crippen LogP contribution in [0.4, 0.5) is 0 Å². The molecule has 0 atom stereocenters. The Hall–Kier alpha value is 3.22. The number of hydrogen-bond acceptors (Lipinski definition) is 2. The molecule has 0 saturated carbocycles. The van der Waals surface area contributed by atoms with Gasteiger partial charge in [0.05, 0.1) is 0 Å². The smallest absolute Gasteiger partial charge is 1.00 e. The van der Waals surface area contributed by atoms with E-state index in [0.717, 1.165) is 0 Å². The van der Waals surface area contributed by atoms with Crippen molar-refractivity contribution in [1.29, 1.82) is 5.59 Å². The van der Waals surface area contributed by atoms with Crippen LogP contribution in [0.1, 0.15) is 4.28 Å². The van der Waals surface area contributed by atoms with Crippen molar-refractivity contribution >= 4 is 0 Å². The molecule has 27 valence electrons. The second kappa shape index (κ2) is 41.3. The van der Waals surface area contributed by atoms with Crippen LogP contribution in [0.3, 0.4) is 0 Å². The summed E-state index contributed by atoms with van der Waals surface area (Å²) in [6.45, 7) is 0. The van der Waals surface area contributed by atoms with Crippen molar-refractivity contribution in [2.45, 2.75) is 0 Å². The molecule has 0 aliphatic heterocycles. The Labute approximate surface area is 120 Å². The van der Waals surface area contributed by atoms with Crippen LogP contribution >= 0.6 is 0 Å². The second-order valence-electron chi connectivity index (χ2n) is 0. The van der Waals surface area contributed by atoms with E-state index in [2.05, 4.69) is 5.59 Å². The van der Waals surface area contributed by atoms with Crippen molar-refractivity contribution in [1.82, 2.24) is 0 Å². The van der Waals surface area contributed by atoms with Gasteiger partial charge in [-0.05, 0) is 0 Å². The number of rotatable bonds is 0. The summed E-state index contributed by atoms with van der Waals surface area (Å²) in [4.78, 5) is 7.50. The molecule has 1 N–H and O–H groups in total. The van der Waals surface area contributed by atoms with Gasteiger partial charge in [0.2, 0.25) is 0 Å². The fourth-order valence-electron chi connectivity index (χ4n) is 0. The van der Waals surface area contributed by atoms with E-state index in [1.807, 2.05) is 0 Å². The molecular weight excluding hydrogens is 202 g/mol. The first-order chi connectivity index (χ1) is 1.00. The summed E-state index contributed by atoms with van der Waals surface area (Å²) in [5, 5.41) is 0. The first-order valence-corrected chi connectivity index (χ1v) is 0.204. The summed E-state index contributed by atoms with van der Waals surface area (Å²) in [5.74, 6) is 0. The molecule has 6 heavy (non-hydrogen) atoms. The minimum atomic E-state index is 0. The largest absolute Gasteiger partial charge is 1.00 e. The van der Waals surface area contributed by atoms with Gasteiger partial charge in [-0.25, -0.2) is 0 Å². The molecule has 0 aliphatic rings. The zero-order valence-corrected chi connectivity index (χ0v) is 11.9. The molecular formula is H4NNa3ORh. The van der Waals surface area contributed by atoms with E-state index in [-0.39, 0.29) is 112 Å². The predicted molar refractivity (Wildman–Crippen MR) is 9.42 cm³/mol. The van der Waals surface area contributed by atoms with Crippen LogP contribution in [-0.4, -0.2) is 0 Å². The van der Waals surface area contributed by atoms with Gasteiger partial charge in [0.15, 0.2) is 0 Å². The van der Waals surface area contributed by atoms with E-state index in [0.29, 0.717) is 0 Å². The van der Waals surface area contributed by atoms with Crippen LogP contribution in [0.5, 0.6) is 0 Å². The van der Waals surface area contributed by atoms with Gasteiger partial charge in [0.25, 0.3) is 0 Å². The zero-order chi connectivity index (χ0) is 2.00. The van der Waals surface area contributed by atoms with Gasteiger partial charge in [-0.2, -0.15) is 4.91 Å². The molecule has 0 rings (SSSR count). The number of hydrogen-bond donors (Lipinski definition) is 1. The maximum absolute atomic E-state index is 7.50. The molecule has 0 aliphatic carbocycles. The Morgan fingerprint density at radius 3 is 1.00 bits per heavy atom. The normalized spacial score (nSPS) is 0.667. The molecule has 1 radical (unpaired) electrons. The maximum atomic E-state index is 7.50. The van der Waals surface area contributed by atoms with Gasteiger partial charge in [-0.15, -0.1) is 0 Å². The fraction of sp³-hybridized carbons (Fsp3) is 0. The van der Waals surface area contributed by atoms with E-state index < -0.39 is 0 Å². The van der Waals surface area contributed by atoms with Crippen LogP contribution in [0, 0.1) is 10.5 Å². The molecule has 0 amide bonds. The fourth-order valence-corrected chi connectivity index (χ4v) is 0. The monoisotopic (exact) mass is 206 g/mol. The van der Waals surface area contributed by atoms with Crippen molar-refractivity contribution in [2.24, 2.45) is 0 Å². The van der Waals surface area contributed by atoms with E-state index in [1.54, 1.807) is 0 Å². The Kier molecular flexibility index (Phi) is 241. The topological polar surface area (TPSA) is 40.9 Å². The molecule has 0 unspecified atom stereocenters. The molecule has 6 heteroatoms. The first-order valence-electron chi connectivity index (χ1n) is 0.204.